The summed E-state index contributed by atoms with van der Waals surface area (Å²) in [4.78, 5) is 25.5. The molecule has 0 saturated carbocycles. The fourth-order valence-electron chi connectivity index (χ4n) is 2.61. The van der Waals surface area contributed by atoms with Crippen LogP contribution in [0.15, 0.2) is 24.3 Å². The number of nitrogens with zero attached hydrogens (tertiary/aromatic N) is 1. The van der Waals surface area contributed by atoms with Gasteiger partial charge in [0.05, 0.1) is 5.92 Å². The van der Waals surface area contributed by atoms with Crippen molar-refractivity contribution in [3.8, 4) is 18.1 Å². The standard InChI is InChI=1S/C18H22N2O3/c1-3-11-23-16-7-5-14(6-8-16)9-10-19-18(22)15-12-17(21)20(4-2)13-15/h1,5-8,15H,4,9-13H2,2H3,(H,19,22)/t15-/m1/s1. The minimum atomic E-state index is -0.220. The fraction of sp³-hybridized carbons (Fsp3) is 0.444. The highest BCUT2D eigenvalue weighted by Crippen LogP contribution is 2.17. The smallest absolute Gasteiger partial charge is 0.225 e. The number of hydrogen-bond donors (Lipinski definition) is 1. The Kier molecular flexibility index (Phi) is 6.04. The number of hydrogen-bond acceptors (Lipinski definition) is 3. The third kappa shape index (κ3) is 4.75. The molecule has 122 valence electrons. The van der Waals surface area contributed by atoms with Crippen LogP contribution in [0, 0.1) is 18.3 Å². The average Bonchev–Trinajstić information content (AvgIpc) is 2.95. The fourth-order valence-corrected chi connectivity index (χ4v) is 2.61. The van der Waals surface area contributed by atoms with Gasteiger partial charge in [-0.15, -0.1) is 6.42 Å². The molecule has 2 rings (SSSR count). The molecule has 1 atom stereocenters. The molecule has 5 nitrogen and oxygen atoms in total. The maximum atomic E-state index is 12.1. The zero-order valence-electron chi connectivity index (χ0n) is 13.4. The quantitative estimate of drug-likeness (QED) is 0.770. The molecule has 1 N–H and O–H groups in total. The molecule has 1 aromatic rings. The van der Waals surface area contributed by atoms with Crippen molar-refractivity contribution in [2.75, 3.05) is 26.2 Å². The Morgan fingerprint density at radius 2 is 2.17 bits per heavy atom. The summed E-state index contributed by atoms with van der Waals surface area (Å²) in [5.74, 6) is 2.96. The van der Waals surface area contributed by atoms with E-state index in [-0.39, 0.29) is 24.3 Å². The molecular weight excluding hydrogens is 292 g/mol. The maximum absolute atomic E-state index is 12.1. The van der Waals surface area contributed by atoms with E-state index in [0.717, 1.165) is 17.7 Å². The first-order valence-corrected chi connectivity index (χ1v) is 7.84. The molecule has 0 aliphatic carbocycles. The van der Waals surface area contributed by atoms with Gasteiger partial charge < -0.3 is 15.0 Å². The number of terminal acetylenes is 1. The van der Waals surface area contributed by atoms with E-state index in [4.69, 9.17) is 11.2 Å². The highest BCUT2D eigenvalue weighted by molar-refractivity contribution is 5.89. The van der Waals surface area contributed by atoms with Crippen molar-refractivity contribution < 1.29 is 14.3 Å². The molecule has 0 unspecified atom stereocenters. The van der Waals surface area contributed by atoms with Crippen LogP contribution in [0.25, 0.3) is 0 Å². The van der Waals surface area contributed by atoms with E-state index in [1.807, 2.05) is 31.2 Å². The van der Waals surface area contributed by atoms with Gasteiger partial charge in [0.15, 0.2) is 0 Å². The third-order valence-corrected chi connectivity index (χ3v) is 3.93. The van der Waals surface area contributed by atoms with Crippen molar-refractivity contribution in [2.45, 2.75) is 19.8 Å². The van der Waals surface area contributed by atoms with Gasteiger partial charge >= 0.3 is 0 Å². The maximum Gasteiger partial charge on any atom is 0.225 e. The van der Waals surface area contributed by atoms with Gasteiger partial charge in [-0.2, -0.15) is 0 Å². The van der Waals surface area contributed by atoms with E-state index < -0.39 is 0 Å². The molecule has 1 aliphatic rings. The minimum absolute atomic E-state index is 0.0386. The summed E-state index contributed by atoms with van der Waals surface area (Å²) in [5, 5.41) is 2.91. The predicted octanol–water partition coefficient (Wildman–Crippen LogP) is 1.23. The van der Waals surface area contributed by atoms with Gasteiger partial charge in [-0.05, 0) is 31.0 Å². The van der Waals surface area contributed by atoms with E-state index in [1.54, 1.807) is 4.90 Å². The van der Waals surface area contributed by atoms with Crippen molar-refractivity contribution >= 4 is 11.8 Å². The van der Waals surface area contributed by atoms with Crippen LogP contribution in [-0.2, 0) is 16.0 Å². The first-order chi connectivity index (χ1) is 11.1. The molecule has 0 radical (unpaired) electrons. The van der Waals surface area contributed by atoms with E-state index in [0.29, 0.717) is 26.1 Å². The summed E-state index contributed by atoms with van der Waals surface area (Å²) in [7, 11) is 0. The lowest BCUT2D eigenvalue weighted by Gasteiger charge is -2.13. The molecule has 0 aromatic heterocycles. The summed E-state index contributed by atoms with van der Waals surface area (Å²) in [5.41, 5.74) is 1.11. The van der Waals surface area contributed by atoms with Crippen molar-refractivity contribution in [1.82, 2.24) is 10.2 Å². The third-order valence-electron chi connectivity index (χ3n) is 3.93. The second-order valence-corrected chi connectivity index (χ2v) is 5.51. The topological polar surface area (TPSA) is 58.6 Å². The highest BCUT2D eigenvalue weighted by Gasteiger charge is 2.32. The molecule has 0 bridgehead atoms. The molecule has 23 heavy (non-hydrogen) atoms. The van der Waals surface area contributed by atoms with Crippen molar-refractivity contribution in [3.05, 3.63) is 29.8 Å². The van der Waals surface area contributed by atoms with Crippen molar-refractivity contribution in [2.24, 2.45) is 5.92 Å². The normalized spacial score (nSPS) is 17.0. The summed E-state index contributed by atoms with van der Waals surface area (Å²) in [6, 6.07) is 7.64. The molecule has 1 aromatic carbocycles. The lowest BCUT2D eigenvalue weighted by Crippen LogP contribution is -2.34. The second kappa shape index (κ2) is 8.23. The summed E-state index contributed by atoms with van der Waals surface area (Å²) >= 11 is 0. The first kappa shape index (κ1) is 16.9. The Hall–Kier alpha value is -2.48. The molecular formula is C18H22N2O3. The molecule has 1 heterocycles. The summed E-state index contributed by atoms with van der Waals surface area (Å²) < 4.78 is 5.31. The molecule has 0 spiro atoms. The minimum Gasteiger partial charge on any atom is -0.481 e. The molecule has 1 fully saturated rings. The largest absolute Gasteiger partial charge is 0.481 e. The van der Waals surface area contributed by atoms with Gasteiger partial charge in [0, 0.05) is 26.1 Å². The number of benzene rings is 1. The Balaban J connectivity index is 1.73. The summed E-state index contributed by atoms with van der Waals surface area (Å²) in [6.07, 6.45) is 6.19. The number of amides is 2. The van der Waals surface area contributed by atoms with Gasteiger partial charge in [0.1, 0.15) is 12.4 Å². The van der Waals surface area contributed by atoms with Crippen LogP contribution >= 0.6 is 0 Å². The van der Waals surface area contributed by atoms with Crippen LogP contribution in [0.5, 0.6) is 5.75 Å². The Morgan fingerprint density at radius 3 is 2.78 bits per heavy atom. The lowest BCUT2D eigenvalue weighted by molar-refractivity contribution is -0.128. The Morgan fingerprint density at radius 1 is 1.43 bits per heavy atom. The molecule has 5 heteroatoms. The van der Waals surface area contributed by atoms with E-state index in [9.17, 15) is 9.59 Å². The van der Waals surface area contributed by atoms with Gasteiger partial charge in [-0.1, -0.05) is 18.1 Å². The van der Waals surface area contributed by atoms with Gasteiger partial charge in [-0.25, -0.2) is 0 Å². The SMILES string of the molecule is C#CCOc1ccc(CCNC(=O)[C@@H]2CC(=O)N(CC)C2)cc1. The summed E-state index contributed by atoms with van der Waals surface area (Å²) in [6.45, 7) is 3.93. The molecule has 2 amide bonds. The van der Waals surface area contributed by atoms with Crippen LogP contribution in [0.2, 0.25) is 0 Å². The number of likely N-dealkylation sites (tertiary alicyclic amines) is 1. The Labute approximate surface area is 137 Å². The van der Waals surface area contributed by atoms with Gasteiger partial charge in [0.25, 0.3) is 0 Å². The average molecular weight is 314 g/mol. The first-order valence-electron chi connectivity index (χ1n) is 7.84. The Bertz CT molecular complexity index is 589. The highest BCUT2D eigenvalue weighted by atomic mass is 16.5. The number of rotatable bonds is 7. The number of nitrogens with one attached hydrogen (secondary N) is 1. The van der Waals surface area contributed by atoms with Crippen LogP contribution in [0.4, 0.5) is 0 Å². The molecule has 1 saturated heterocycles. The second-order valence-electron chi connectivity index (χ2n) is 5.51. The number of ether oxygens (including phenoxy) is 1. The number of carbonyl (C=O) groups excluding carboxylic acids is 2. The van der Waals surface area contributed by atoms with E-state index >= 15 is 0 Å². The van der Waals surface area contributed by atoms with Crippen molar-refractivity contribution in [1.29, 1.82) is 0 Å². The van der Waals surface area contributed by atoms with Gasteiger partial charge in [-0.3, -0.25) is 9.59 Å². The van der Waals surface area contributed by atoms with Crippen molar-refractivity contribution in [3.63, 3.8) is 0 Å². The zero-order chi connectivity index (χ0) is 16.7. The van der Waals surface area contributed by atoms with E-state index in [1.165, 1.54) is 0 Å². The van der Waals surface area contributed by atoms with Gasteiger partial charge in [0.2, 0.25) is 11.8 Å². The zero-order valence-corrected chi connectivity index (χ0v) is 13.4. The predicted molar refractivity (Wildman–Crippen MR) is 87.8 cm³/mol. The van der Waals surface area contributed by atoms with Crippen LogP contribution in [0.1, 0.15) is 18.9 Å². The van der Waals surface area contributed by atoms with Crippen LogP contribution in [0.3, 0.4) is 0 Å². The molecule has 1 aliphatic heterocycles. The van der Waals surface area contributed by atoms with E-state index in [2.05, 4.69) is 11.2 Å². The number of carbonyl (C=O) groups is 2. The van der Waals surface area contributed by atoms with Crippen LogP contribution < -0.4 is 10.1 Å². The monoisotopic (exact) mass is 314 g/mol. The van der Waals surface area contributed by atoms with Crippen LogP contribution in [-0.4, -0.2) is 43.0 Å². The lowest BCUT2D eigenvalue weighted by atomic mass is 10.1.